The summed E-state index contributed by atoms with van der Waals surface area (Å²) in [7, 11) is 0. The average molecular weight is 160 g/mol. The molecule has 0 aromatic heterocycles. The molecule has 1 fully saturated rings. The Morgan fingerprint density at radius 2 is 1.91 bits per heavy atom. The predicted octanol–water partition coefficient (Wildman–Crippen LogP) is 2.57. The second kappa shape index (κ2) is 4.73. The Morgan fingerprint density at radius 3 is 2.09 bits per heavy atom. The third kappa shape index (κ3) is 3.73. The van der Waals surface area contributed by atoms with Gasteiger partial charge in [-0.1, -0.05) is 20.8 Å². The fourth-order valence-electron chi connectivity index (χ4n) is 0.964. The molecule has 1 saturated heterocycles. The zero-order valence-electron chi connectivity index (χ0n) is 8.31. The fourth-order valence-corrected chi connectivity index (χ4v) is 0.964. The molecule has 2 nitrogen and oxygen atoms in total. The summed E-state index contributed by atoms with van der Waals surface area (Å²) in [6.45, 7) is 10.8. The van der Waals surface area contributed by atoms with Crippen LogP contribution in [0.1, 0.15) is 41.0 Å². The first-order valence-electron chi connectivity index (χ1n) is 4.46. The van der Waals surface area contributed by atoms with E-state index in [1.54, 1.807) is 0 Å². The summed E-state index contributed by atoms with van der Waals surface area (Å²) in [5, 5.41) is 0. The highest BCUT2D eigenvalue weighted by Crippen LogP contribution is 2.23. The molecular formula is C9H20O2. The van der Waals surface area contributed by atoms with Crippen LogP contribution in [0.3, 0.4) is 0 Å². The van der Waals surface area contributed by atoms with Gasteiger partial charge < -0.3 is 9.47 Å². The van der Waals surface area contributed by atoms with E-state index in [1.807, 2.05) is 27.7 Å². The van der Waals surface area contributed by atoms with Crippen LogP contribution in [0.5, 0.6) is 0 Å². The first-order valence-corrected chi connectivity index (χ1v) is 4.46. The monoisotopic (exact) mass is 160 g/mol. The molecule has 2 heteroatoms. The van der Waals surface area contributed by atoms with Crippen LogP contribution in [-0.2, 0) is 9.47 Å². The summed E-state index contributed by atoms with van der Waals surface area (Å²) in [4.78, 5) is 0. The SMILES string of the molecule is CC.CCC1COC(C)(C)O1. The lowest BCUT2D eigenvalue weighted by molar-refractivity contribution is -0.138. The van der Waals surface area contributed by atoms with Crippen molar-refractivity contribution in [1.29, 1.82) is 0 Å². The van der Waals surface area contributed by atoms with Crippen molar-refractivity contribution in [2.45, 2.75) is 52.9 Å². The van der Waals surface area contributed by atoms with Crippen LogP contribution in [-0.4, -0.2) is 18.5 Å². The van der Waals surface area contributed by atoms with Gasteiger partial charge in [0.25, 0.3) is 0 Å². The van der Waals surface area contributed by atoms with Gasteiger partial charge in [-0.15, -0.1) is 0 Å². The van der Waals surface area contributed by atoms with Crippen LogP contribution in [0.25, 0.3) is 0 Å². The molecule has 0 aliphatic carbocycles. The molecule has 0 N–H and O–H groups in total. The first-order chi connectivity index (χ1) is 5.14. The van der Waals surface area contributed by atoms with E-state index in [1.165, 1.54) is 0 Å². The molecule has 0 spiro atoms. The van der Waals surface area contributed by atoms with Gasteiger partial charge in [-0.25, -0.2) is 0 Å². The Kier molecular flexibility index (Phi) is 4.69. The van der Waals surface area contributed by atoms with Gasteiger partial charge in [0.1, 0.15) is 0 Å². The molecule has 1 aliphatic heterocycles. The second-order valence-electron chi connectivity index (χ2n) is 2.86. The Hall–Kier alpha value is -0.0800. The lowest BCUT2D eigenvalue weighted by Gasteiger charge is -2.16. The van der Waals surface area contributed by atoms with Crippen molar-refractivity contribution in [1.82, 2.24) is 0 Å². The van der Waals surface area contributed by atoms with Crippen LogP contribution in [0, 0.1) is 0 Å². The largest absolute Gasteiger partial charge is 0.348 e. The average Bonchev–Trinajstić information content (AvgIpc) is 2.34. The molecule has 0 saturated carbocycles. The molecule has 1 aliphatic rings. The molecule has 11 heavy (non-hydrogen) atoms. The lowest BCUT2D eigenvalue weighted by Crippen LogP contribution is -2.21. The second-order valence-corrected chi connectivity index (χ2v) is 2.86. The van der Waals surface area contributed by atoms with Gasteiger partial charge in [-0.3, -0.25) is 0 Å². The van der Waals surface area contributed by atoms with Crippen molar-refractivity contribution in [3.05, 3.63) is 0 Å². The Balaban J connectivity index is 0.000000461. The van der Waals surface area contributed by atoms with Gasteiger partial charge in [0.05, 0.1) is 12.7 Å². The summed E-state index contributed by atoms with van der Waals surface area (Å²) < 4.78 is 10.8. The number of ether oxygens (including phenoxy) is 2. The standard InChI is InChI=1S/C7H14O2.C2H6/c1-4-6-5-8-7(2,3)9-6;1-2/h6H,4-5H2,1-3H3;1-2H3. The van der Waals surface area contributed by atoms with Gasteiger partial charge in [0.15, 0.2) is 5.79 Å². The van der Waals surface area contributed by atoms with Crippen molar-refractivity contribution >= 4 is 0 Å². The number of hydrogen-bond acceptors (Lipinski definition) is 2. The third-order valence-electron chi connectivity index (χ3n) is 1.52. The maximum Gasteiger partial charge on any atom is 0.163 e. The van der Waals surface area contributed by atoms with Crippen LogP contribution in [0.2, 0.25) is 0 Å². The van der Waals surface area contributed by atoms with Gasteiger partial charge in [-0.2, -0.15) is 0 Å². The molecule has 0 aromatic carbocycles. The molecule has 1 unspecified atom stereocenters. The van der Waals surface area contributed by atoms with E-state index in [4.69, 9.17) is 9.47 Å². The Labute approximate surface area is 69.9 Å². The summed E-state index contributed by atoms with van der Waals surface area (Å²) >= 11 is 0. The minimum absolute atomic E-state index is 0.319. The maximum absolute atomic E-state index is 5.48. The minimum Gasteiger partial charge on any atom is -0.348 e. The van der Waals surface area contributed by atoms with Crippen molar-refractivity contribution in [2.24, 2.45) is 0 Å². The lowest BCUT2D eigenvalue weighted by atomic mass is 10.3. The zero-order valence-corrected chi connectivity index (χ0v) is 8.31. The highest BCUT2D eigenvalue weighted by molar-refractivity contribution is 4.68. The topological polar surface area (TPSA) is 18.5 Å². The quantitative estimate of drug-likeness (QED) is 0.587. The van der Waals surface area contributed by atoms with Crippen LogP contribution >= 0.6 is 0 Å². The van der Waals surface area contributed by atoms with E-state index >= 15 is 0 Å². The molecule has 0 bridgehead atoms. The molecular weight excluding hydrogens is 140 g/mol. The van der Waals surface area contributed by atoms with Crippen molar-refractivity contribution in [3.8, 4) is 0 Å². The number of rotatable bonds is 1. The highest BCUT2D eigenvalue weighted by atomic mass is 16.7. The van der Waals surface area contributed by atoms with Crippen molar-refractivity contribution in [3.63, 3.8) is 0 Å². The normalized spacial score (nSPS) is 27.5. The van der Waals surface area contributed by atoms with Gasteiger partial charge in [0, 0.05) is 0 Å². The van der Waals surface area contributed by atoms with Crippen LogP contribution < -0.4 is 0 Å². The predicted molar refractivity (Wildman–Crippen MR) is 46.5 cm³/mol. The molecule has 1 heterocycles. The van der Waals surface area contributed by atoms with Gasteiger partial charge >= 0.3 is 0 Å². The number of hydrogen-bond donors (Lipinski definition) is 0. The summed E-state index contributed by atoms with van der Waals surface area (Å²) in [5.41, 5.74) is 0. The highest BCUT2D eigenvalue weighted by Gasteiger charge is 2.31. The molecule has 68 valence electrons. The third-order valence-corrected chi connectivity index (χ3v) is 1.52. The summed E-state index contributed by atoms with van der Waals surface area (Å²) in [5.74, 6) is -0.333. The molecule has 1 rings (SSSR count). The van der Waals surface area contributed by atoms with E-state index in [0.717, 1.165) is 13.0 Å². The molecule has 0 radical (unpaired) electrons. The molecule has 0 aromatic rings. The van der Waals surface area contributed by atoms with Crippen LogP contribution in [0.15, 0.2) is 0 Å². The van der Waals surface area contributed by atoms with E-state index in [-0.39, 0.29) is 5.79 Å². The smallest absolute Gasteiger partial charge is 0.163 e. The van der Waals surface area contributed by atoms with Crippen molar-refractivity contribution < 1.29 is 9.47 Å². The molecule has 1 atom stereocenters. The van der Waals surface area contributed by atoms with E-state index < -0.39 is 0 Å². The summed E-state index contributed by atoms with van der Waals surface area (Å²) in [6, 6.07) is 0. The Bertz CT molecular complexity index is 99.7. The van der Waals surface area contributed by atoms with E-state index in [9.17, 15) is 0 Å². The van der Waals surface area contributed by atoms with E-state index in [2.05, 4.69) is 6.92 Å². The minimum atomic E-state index is -0.333. The van der Waals surface area contributed by atoms with Crippen molar-refractivity contribution in [2.75, 3.05) is 6.61 Å². The fraction of sp³-hybridized carbons (Fsp3) is 1.00. The van der Waals surface area contributed by atoms with Crippen LogP contribution in [0.4, 0.5) is 0 Å². The zero-order chi connectivity index (χ0) is 8.91. The van der Waals surface area contributed by atoms with Gasteiger partial charge in [0.2, 0.25) is 0 Å². The first kappa shape index (κ1) is 10.9. The molecule has 0 amide bonds. The van der Waals surface area contributed by atoms with E-state index in [0.29, 0.717) is 6.10 Å². The maximum atomic E-state index is 5.48. The van der Waals surface area contributed by atoms with Gasteiger partial charge in [-0.05, 0) is 20.3 Å². The summed E-state index contributed by atoms with van der Waals surface area (Å²) in [6.07, 6.45) is 1.36. The Morgan fingerprint density at radius 1 is 1.36 bits per heavy atom.